The van der Waals surface area contributed by atoms with Gasteiger partial charge in [-0.05, 0) is 35.0 Å². The second kappa shape index (κ2) is 4.90. The van der Waals surface area contributed by atoms with Crippen molar-refractivity contribution in [2.24, 2.45) is 0 Å². The highest BCUT2D eigenvalue weighted by Crippen LogP contribution is 2.20. The lowest BCUT2D eigenvalue weighted by molar-refractivity contribution is -0.172. The SMILES string of the molecule is Nc1ccc2cc(C(=O)ON3C(=O)CCC3=O)ccc2c1. The van der Waals surface area contributed by atoms with Crippen LogP contribution in [0.2, 0.25) is 0 Å². The van der Waals surface area contributed by atoms with Crippen molar-refractivity contribution in [3.63, 3.8) is 0 Å². The van der Waals surface area contributed by atoms with Crippen LogP contribution < -0.4 is 5.73 Å². The average Bonchev–Trinajstić information content (AvgIpc) is 2.78. The van der Waals surface area contributed by atoms with E-state index >= 15 is 0 Å². The van der Waals surface area contributed by atoms with E-state index in [9.17, 15) is 14.4 Å². The summed E-state index contributed by atoms with van der Waals surface area (Å²) in [5.41, 5.74) is 6.58. The van der Waals surface area contributed by atoms with Crippen LogP contribution in [0.1, 0.15) is 23.2 Å². The van der Waals surface area contributed by atoms with Crippen molar-refractivity contribution in [2.75, 3.05) is 5.73 Å². The molecule has 6 heteroatoms. The molecule has 2 aromatic carbocycles. The molecule has 1 heterocycles. The molecule has 0 aliphatic carbocycles. The van der Waals surface area contributed by atoms with Crippen LogP contribution in [-0.2, 0) is 14.4 Å². The van der Waals surface area contributed by atoms with E-state index in [0.29, 0.717) is 10.8 Å². The monoisotopic (exact) mass is 284 g/mol. The Labute approximate surface area is 120 Å². The number of anilines is 1. The highest BCUT2D eigenvalue weighted by atomic mass is 16.7. The van der Waals surface area contributed by atoms with E-state index in [1.54, 1.807) is 36.4 Å². The molecule has 106 valence electrons. The lowest BCUT2D eigenvalue weighted by Crippen LogP contribution is -2.32. The molecule has 21 heavy (non-hydrogen) atoms. The van der Waals surface area contributed by atoms with Crippen LogP contribution in [0.15, 0.2) is 36.4 Å². The number of hydrogen-bond donors (Lipinski definition) is 1. The van der Waals surface area contributed by atoms with Gasteiger partial charge in [-0.25, -0.2) is 4.79 Å². The molecule has 2 amide bonds. The second-order valence-corrected chi connectivity index (χ2v) is 4.78. The number of benzene rings is 2. The van der Waals surface area contributed by atoms with E-state index in [1.165, 1.54) is 0 Å². The van der Waals surface area contributed by atoms with E-state index in [-0.39, 0.29) is 18.4 Å². The Hall–Kier alpha value is -2.89. The van der Waals surface area contributed by atoms with Crippen LogP contribution in [0.25, 0.3) is 10.8 Å². The van der Waals surface area contributed by atoms with Crippen LogP contribution in [0.5, 0.6) is 0 Å². The minimum absolute atomic E-state index is 0.0725. The lowest BCUT2D eigenvalue weighted by Gasteiger charge is -2.12. The maximum Gasteiger partial charge on any atom is 0.363 e. The third-order valence-corrected chi connectivity index (χ3v) is 3.28. The fourth-order valence-corrected chi connectivity index (χ4v) is 2.18. The van der Waals surface area contributed by atoms with E-state index in [2.05, 4.69) is 0 Å². The number of nitrogens with two attached hydrogens (primary N) is 1. The average molecular weight is 284 g/mol. The number of nitrogen functional groups attached to an aromatic ring is 1. The number of carbonyl (C=O) groups is 3. The van der Waals surface area contributed by atoms with Gasteiger partial charge < -0.3 is 10.6 Å². The van der Waals surface area contributed by atoms with Gasteiger partial charge >= 0.3 is 5.97 Å². The van der Waals surface area contributed by atoms with Crippen molar-refractivity contribution in [3.05, 3.63) is 42.0 Å². The number of fused-ring (bicyclic) bond motifs is 1. The Balaban J connectivity index is 1.86. The molecule has 0 saturated carbocycles. The lowest BCUT2D eigenvalue weighted by atomic mass is 10.1. The summed E-state index contributed by atoms with van der Waals surface area (Å²) >= 11 is 0. The zero-order chi connectivity index (χ0) is 15.0. The predicted molar refractivity (Wildman–Crippen MR) is 74.9 cm³/mol. The number of carbonyl (C=O) groups excluding carboxylic acids is 3. The van der Waals surface area contributed by atoms with Crippen LogP contribution in [-0.4, -0.2) is 22.8 Å². The molecule has 0 unspecified atom stereocenters. The summed E-state index contributed by atoms with van der Waals surface area (Å²) in [4.78, 5) is 39.7. The summed E-state index contributed by atoms with van der Waals surface area (Å²) in [6.45, 7) is 0. The van der Waals surface area contributed by atoms with Crippen LogP contribution in [0.4, 0.5) is 5.69 Å². The molecule has 1 saturated heterocycles. The van der Waals surface area contributed by atoms with Gasteiger partial charge in [-0.15, -0.1) is 5.06 Å². The van der Waals surface area contributed by atoms with E-state index < -0.39 is 17.8 Å². The zero-order valence-corrected chi connectivity index (χ0v) is 11.0. The van der Waals surface area contributed by atoms with Gasteiger partial charge in [0.25, 0.3) is 11.8 Å². The molecule has 1 aliphatic rings. The van der Waals surface area contributed by atoms with Crippen molar-refractivity contribution < 1.29 is 19.2 Å². The molecule has 6 nitrogen and oxygen atoms in total. The van der Waals surface area contributed by atoms with Crippen molar-refractivity contribution in [1.82, 2.24) is 5.06 Å². The van der Waals surface area contributed by atoms with Gasteiger partial charge in [-0.1, -0.05) is 12.1 Å². The second-order valence-electron chi connectivity index (χ2n) is 4.78. The smallest absolute Gasteiger partial charge is 0.363 e. The summed E-state index contributed by atoms with van der Waals surface area (Å²) in [6, 6.07) is 10.2. The summed E-state index contributed by atoms with van der Waals surface area (Å²) < 4.78 is 0. The summed E-state index contributed by atoms with van der Waals surface area (Å²) in [5.74, 6) is -1.74. The molecule has 0 bridgehead atoms. The van der Waals surface area contributed by atoms with Gasteiger partial charge in [0.05, 0.1) is 5.56 Å². The van der Waals surface area contributed by atoms with Gasteiger partial charge in [0.15, 0.2) is 0 Å². The van der Waals surface area contributed by atoms with Crippen molar-refractivity contribution >= 4 is 34.2 Å². The standard InChI is InChI=1S/C15H12N2O4/c16-12-4-3-9-7-11(2-1-10(9)8-12)15(20)21-17-13(18)5-6-14(17)19/h1-4,7-8H,5-6,16H2. The maximum absolute atomic E-state index is 12.0. The quantitative estimate of drug-likeness (QED) is 0.669. The first-order chi connectivity index (χ1) is 10.0. The molecule has 3 rings (SSSR count). The third-order valence-electron chi connectivity index (χ3n) is 3.28. The van der Waals surface area contributed by atoms with Gasteiger partial charge in [0, 0.05) is 18.5 Å². The molecular weight excluding hydrogens is 272 g/mol. The van der Waals surface area contributed by atoms with Crippen molar-refractivity contribution in [1.29, 1.82) is 0 Å². The van der Waals surface area contributed by atoms with E-state index in [4.69, 9.17) is 10.6 Å². The van der Waals surface area contributed by atoms with Crippen molar-refractivity contribution in [2.45, 2.75) is 12.8 Å². The predicted octanol–water partition coefficient (Wildman–Crippen LogP) is 1.64. The number of nitrogens with zero attached hydrogens (tertiary/aromatic N) is 1. The van der Waals surface area contributed by atoms with Crippen molar-refractivity contribution in [3.8, 4) is 0 Å². The fourth-order valence-electron chi connectivity index (χ4n) is 2.18. The van der Waals surface area contributed by atoms with Crippen LogP contribution >= 0.6 is 0 Å². The largest absolute Gasteiger partial charge is 0.399 e. The number of amides is 2. The molecule has 2 aromatic rings. The third kappa shape index (κ3) is 2.43. The Morgan fingerprint density at radius 3 is 2.33 bits per heavy atom. The topological polar surface area (TPSA) is 89.7 Å². The van der Waals surface area contributed by atoms with Gasteiger partial charge in [-0.2, -0.15) is 0 Å². The highest BCUT2D eigenvalue weighted by Gasteiger charge is 2.33. The normalized spacial score (nSPS) is 14.8. The highest BCUT2D eigenvalue weighted by molar-refractivity contribution is 6.03. The van der Waals surface area contributed by atoms with Gasteiger partial charge in [0.1, 0.15) is 0 Å². The van der Waals surface area contributed by atoms with E-state index in [0.717, 1.165) is 10.8 Å². The summed E-state index contributed by atoms with van der Waals surface area (Å²) in [5, 5.41) is 2.24. The molecule has 0 aromatic heterocycles. The minimum atomic E-state index is -0.739. The zero-order valence-electron chi connectivity index (χ0n) is 11.0. The molecular formula is C15H12N2O4. The molecule has 1 aliphatic heterocycles. The van der Waals surface area contributed by atoms with Crippen LogP contribution in [0.3, 0.4) is 0 Å². The fraction of sp³-hybridized carbons (Fsp3) is 0.133. The van der Waals surface area contributed by atoms with Gasteiger partial charge in [0.2, 0.25) is 0 Å². The first kappa shape index (κ1) is 13.1. The number of hydrogen-bond acceptors (Lipinski definition) is 5. The molecule has 0 atom stereocenters. The molecule has 0 spiro atoms. The molecule has 0 radical (unpaired) electrons. The number of hydroxylamine groups is 2. The first-order valence-electron chi connectivity index (χ1n) is 6.42. The van der Waals surface area contributed by atoms with Gasteiger partial charge in [-0.3, -0.25) is 9.59 Å². The Bertz CT molecular complexity index is 753. The Morgan fingerprint density at radius 2 is 1.62 bits per heavy atom. The summed E-state index contributed by atoms with van der Waals surface area (Å²) in [6.07, 6.45) is 0.145. The number of imide groups is 1. The molecule has 2 N–H and O–H groups in total. The maximum atomic E-state index is 12.0. The first-order valence-corrected chi connectivity index (χ1v) is 6.42. The summed E-state index contributed by atoms with van der Waals surface area (Å²) in [7, 11) is 0. The Morgan fingerprint density at radius 1 is 1.00 bits per heavy atom. The van der Waals surface area contributed by atoms with E-state index in [1.807, 2.05) is 0 Å². The number of rotatable bonds is 2. The Kier molecular flexibility index (Phi) is 3.06. The molecule has 1 fully saturated rings. The minimum Gasteiger partial charge on any atom is -0.399 e. The van der Waals surface area contributed by atoms with Crippen LogP contribution in [0, 0.1) is 0 Å².